The number of hydrogen-bond acceptors (Lipinski definition) is 7. The zero-order valence-corrected chi connectivity index (χ0v) is 21.5. The molecule has 0 spiro atoms. The molecule has 2 N–H and O–H groups in total. The molecular formula is C27H36FN5O4. The first kappa shape index (κ1) is 25.8. The van der Waals surface area contributed by atoms with Gasteiger partial charge in [-0.3, -0.25) is 24.4 Å². The summed E-state index contributed by atoms with van der Waals surface area (Å²) in [6, 6.07) is 8.68. The SMILES string of the molecule is CC1COCCN1C[C@H]1CN[C@H](C)CN1CC(=O)N1CCOc2[nH]c(=O)c(Cc3ccc(F)cc3)cc21. The molecule has 1 amide bonds. The van der Waals surface area contributed by atoms with E-state index in [0.29, 0.717) is 55.3 Å². The van der Waals surface area contributed by atoms with E-state index in [0.717, 1.165) is 45.0 Å². The standard InChI is InChI=1S/C27H36FN5O4/c1-18-14-32(23(13-29-18)15-31-7-9-36-17-19(31)2)16-25(34)33-8-10-37-27-24(33)12-21(26(35)30-27)11-20-3-5-22(28)6-4-20/h3-6,12,18-19,23,29H,7-11,13-17H2,1-2H3,(H,30,35)/t18-,19?,23-/m1/s1. The number of nitrogens with one attached hydrogen (secondary N) is 2. The van der Waals surface area contributed by atoms with Crippen LogP contribution in [0.1, 0.15) is 25.0 Å². The van der Waals surface area contributed by atoms with Gasteiger partial charge in [0.15, 0.2) is 0 Å². The van der Waals surface area contributed by atoms with Gasteiger partial charge in [-0.25, -0.2) is 4.39 Å². The largest absolute Gasteiger partial charge is 0.476 e. The van der Waals surface area contributed by atoms with Gasteiger partial charge in [0, 0.05) is 56.3 Å². The molecule has 37 heavy (non-hydrogen) atoms. The van der Waals surface area contributed by atoms with E-state index < -0.39 is 0 Å². The highest BCUT2D eigenvalue weighted by atomic mass is 19.1. The number of carbonyl (C=O) groups is 1. The summed E-state index contributed by atoms with van der Waals surface area (Å²) in [5.74, 6) is -0.0184. The van der Waals surface area contributed by atoms with Crippen molar-refractivity contribution in [3.05, 3.63) is 57.6 Å². The predicted octanol–water partition coefficient (Wildman–Crippen LogP) is 1.21. The number of carbonyl (C=O) groups excluding carboxylic acids is 1. The van der Waals surface area contributed by atoms with Crippen molar-refractivity contribution in [2.75, 3.05) is 64.0 Å². The number of piperazine rings is 1. The van der Waals surface area contributed by atoms with Crippen molar-refractivity contribution in [1.29, 1.82) is 0 Å². The van der Waals surface area contributed by atoms with Gasteiger partial charge in [0.1, 0.15) is 18.1 Å². The molecule has 0 radical (unpaired) electrons. The number of pyridine rings is 1. The molecule has 2 aromatic rings. The Kier molecular flexibility index (Phi) is 7.89. The summed E-state index contributed by atoms with van der Waals surface area (Å²) in [6.07, 6.45) is 0.333. The fraction of sp³-hybridized carbons (Fsp3) is 0.556. The molecule has 1 unspecified atom stereocenters. The lowest BCUT2D eigenvalue weighted by atomic mass is 10.1. The number of benzene rings is 1. The third-order valence-electron chi connectivity index (χ3n) is 7.54. The average Bonchev–Trinajstić information content (AvgIpc) is 2.88. The van der Waals surface area contributed by atoms with E-state index in [1.807, 2.05) is 0 Å². The molecule has 200 valence electrons. The second kappa shape index (κ2) is 11.3. The molecule has 4 heterocycles. The Bertz CT molecular complexity index is 1160. The van der Waals surface area contributed by atoms with Crippen LogP contribution in [-0.4, -0.2) is 97.9 Å². The van der Waals surface area contributed by atoms with E-state index in [4.69, 9.17) is 9.47 Å². The van der Waals surface area contributed by atoms with Gasteiger partial charge in [-0.2, -0.15) is 0 Å². The Hall–Kier alpha value is -2.79. The monoisotopic (exact) mass is 513 g/mol. The maximum atomic E-state index is 13.7. The Morgan fingerprint density at radius 2 is 1.95 bits per heavy atom. The van der Waals surface area contributed by atoms with Crippen LogP contribution in [0.3, 0.4) is 0 Å². The summed E-state index contributed by atoms with van der Waals surface area (Å²) >= 11 is 0. The molecule has 0 saturated carbocycles. The first-order valence-electron chi connectivity index (χ1n) is 13.1. The minimum Gasteiger partial charge on any atom is -0.476 e. The molecule has 2 fully saturated rings. The molecule has 0 bridgehead atoms. The molecule has 10 heteroatoms. The number of rotatable bonds is 6. The average molecular weight is 514 g/mol. The lowest BCUT2D eigenvalue weighted by Gasteiger charge is -2.44. The third kappa shape index (κ3) is 6.04. The van der Waals surface area contributed by atoms with Crippen LogP contribution in [0.2, 0.25) is 0 Å². The van der Waals surface area contributed by atoms with Crippen molar-refractivity contribution in [3.8, 4) is 5.88 Å². The first-order valence-corrected chi connectivity index (χ1v) is 13.1. The molecule has 3 aliphatic rings. The molecule has 1 aromatic carbocycles. The molecule has 3 atom stereocenters. The van der Waals surface area contributed by atoms with Gasteiger partial charge < -0.3 is 19.7 Å². The Balaban J connectivity index is 1.33. The minimum atomic E-state index is -0.322. The molecule has 0 aliphatic carbocycles. The van der Waals surface area contributed by atoms with E-state index in [2.05, 4.69) is 33.9 Å². The van der Waals surface area contributed by atoms with Crippen LogP contribution in [0, 0.1) is 5.82 Å². The van der Waals surface area contributed by atoms with Gasteiger partial charge >= 0.3 is 0 Å². The molecular weight excluding hydrogens is 477 g/mol. The van der Waals surface area contributed by atoms with Crippen molar-refractivity contribution in [2.45, 2.75) is 38.4 Å². The van der Waals surface area contributed by atoms with Crippen molar-refractivity contribution >= 4 is 11.6 Å². The van der Waals surface area contributed by atoms with Crippen LogP contribution in [0.15, 0.2) is 35.1 Å². The predicted molar refractivity (Wildman–Crippen MR) is 139 cm³/mol. The van der Waals surface area contributed by atoms with Crippen molar-refractivity contribution in [2.24, 2.45) is 0 Å². The van der Waals surface area contributed by atoms with E-state index in [1.165, 1.54) is 12.1 Å². The Morgan fingerprint density at radius 3 is 2.73 bits per heavy atom. The van der Waals surface area contributed by atoms with Crippen LogP contribution >= 0.6 is 0 Å². The number of halogens is 1. The summed E-state index contributed by atoms with van der Waals surface area (Å²) in [4.78, 5) is 35.6. The van der Waals surface area contributed by atoms with Crippen LogP contribution in [0.25, 0.3) is 0 Å². The maximum absolute atomic E-state index is 13.7. The highest BCUT2D eigenvalue weighted by Gasteiger charge is 2.33. The van der Waals surface area contributed by atoms with Gasteiger partial charge in [-0.15, -0.1) is 0 Å². The van der Waals surface area contributed by atoms with Gasteiger partial charge in [0.2, 0.25) is 11.8 Å². The first-order chi connectivity index (χ1) is 17.9. The number of ether oxygens (including phenoxy) is 2. The maximum Gasteiger partial charge on any atom is 0.254 e. The van der Waals surface area contributed by atoms with Crippen molar-refractivity contribution in [3.63, 3.8) is 0 Å². The summed E-state index contributed by atoms with van der Waals surface area (Å²) in [7, 11) is 0. The summed E-state index contributed by atoms with van der Waals surface area (Å²) in [5.41, 5.74) is 1.63. The molecule has 9 nitrogen and oxygen atoms in total. The number of aromatic nitrogens is 1. The zero-order chi connectivity index (χ0) is 25.9. The van der Waals surface area contributed by atoms with Crippen molar-refractivity contribution < 1.29 is 18.7 Å². The normalized spacial score (nSPS) is 24.9. The van der Waals surface area contributed by atoms with Crippen LogP contribution in [0.4, 0.5) is 10.1 Å². The number of amides is 1. The van der Waals surface area contributed by atoms with E-state index >= 15 is 0 Å². The van der Waals surface area contributed by atoms with Crippen molar-refractivity contribution in [1.82, 2.24) is 20.1 Å². The summed E-state index contributed by atoms with van der Waals surface area (Å²) in [6.45, 7) is 10.2. The van der Waals surface area contributed by atoms with Crippen LogP contribution in [0.5, 0.6) is 5.88 Å². The lowest BCUT2D eigenvalue weighted by Crippen LogP contribution is -2.62. The second-order valence-corrected chi connectivity index (χ2v) is 10.3. The number of H-pyrrole nitrogens is 1. The van der Waals surface area contributed by atoms with Gasteiger partial charge in [-0.1, -0.05) is 12.1 Å². The highest BCUT2D eigenvalue weighted by molar-refractivity contribution is 5.96. The fourth-order valence-corrected chi connectivity index (χ4v) is 5.39. The topological polar surface area (TPSA) is 90.1 Å². The zero-order valence-electron chi connectivity index (χ0n) is 21.5. The second-order valence-electron chi connectivity index (χ2n) is 10.3. The van der Waals surface area contributed by atoms with Crippen LogP contribution in [-0.2, 0) is 16.0 Å². The third-order valence-corrected chi connectivity index (χ3v) is 7.54. The fourth-order valence-electron chi connectivity index (χ4n) is 5.39. The Labute approximate surface area is 216 Å². The molecule has 5 rings (SSSR count). The minimum absolute atomic E-state index is 0.0153. The molecule has 1 aromatic heterocycles. The van der Waals surface area contributed by atoms with Crippen LogP contribution < -0.4 is 20.5 Å². The van der Waals surface area contributed by atoms with E-state index in [1.54, 1.807) is 23.1 Å². The number of fused-ring (bicyclic) bond motifs is 1. The number of morpholine rings is 1. The number of hydrogen-bond donors (Lipinski definition) is 2. The van der Waals surface area contributed by atoms with Gasteiger partial charge in [-0.05, 0) is 37.6 Å². The summed E-state index contributed by atoms with van der Waals surface area (Å²) in [5, 5.41) is 3.57. The van der Waals surface area contributed by atoms with Gasteiger partial charge in [0.25, 0.3) is 5.56 Å². The lowest BCUT2D eigenvalue weighted by molar-refractivity contribution is -0.121. The highest BCUT2D eigenvalue weighted by Crippen LogP contribution is 2.30. The summed E-state index contributed by atoms with van der Waals surface area (Å²) < 4.78 is 24.6. The number of nitrogens with zero attached hydrogens (tertiary/aromatic N) is 3. The quantitative estimate of drug-likeness (QED) is 0.600. The Morgan fingerprint density at radius 1 is 1.14 bits per heavy atom. The van der Waals surface area contributed by atoms with E-state index in [9.17, 15) is 14.0 Å². The van der Waals surface area contributed by atoms with E-state index in [-0.39, 0.29) is 23.3 Å². The number of anilines is 1. The van der Waals surface area contributed by atoms with Gasteiger partial charge in [0.05, 0.1) is 26.3 Å². The smallest absolute Gasteiger partial charge is 0.254 e. The molecule has 2 saturated heterocycles. The molecule has 3 aliphatic heterocycles. The number of aromatic amines is 1.